The quantitative estimate of drug-likeness (QED) is 0.611. The van der Waals surface area contributed by atoms with Gasteiger partial charge in [-0.05, 0) is 30.6 Å². The number of ether oxygens (including phenoxy) is 1. The Hall–Kier alpha value is -1.42. The molecule has 0 bridgehead atoms. The molecule has 2 unspecified atom stereocenters. The zero-order valence-electron chi connectivity index (χ0n) is 9.91. The van der Waals surface area contributed by atoms with Gasteiger partial charge in [-0.25, -0.2) is 0 Å². The van der Waals surface area contributed by atoms with Gasteiger partial charge >= 0.3 is 0 Å². The molecule has 4 nitrogen and oxygen atoms in total. The Morgan fingerprint density at radius 3 is 2.72 bits per heavy atom. The van der Waals surface area contributed by atoms with E-state index in [-0.39, 0.29) is 23.7 Å². The summed E-state index contributed by atoms with van der Waals surface area (Å²) in [6.45, 7) is 0.318. The van der Waals surface area contributed by atoms with Gasteiger partial charge < -0.3 is 20.1 Å². The molecular weight excluding hydrogens is 232 g/mol. The standard InChI is InChI=1S/C14H16O4/c15-6-1-2-7-12-8(3-10(12)16)13-9(4-11(13)17)14(7)18-5-6/h3-4,6,8-9,12-13,15-17H,1-2,5H2/t6-,8-,9+,12?,13?/m0/s1. The minimum absolute atomic E-state index is 0.00222. The molecule has 0 spiro atoms. The fourth-order valence-electron chi connectivity index (χ4n) is 3.76. The zero-order chi connectivity index (χ0) is 12.4. The number of hydrogen-bond acceptors (Lipinski definition) is 4. The predicted molar refractivity (Wildman–Crippen MR) is 63.6 cm³/mol. The van der Waals surface area contributed by atoms with E-state index in [1.807, 2.05) is 12.2 Å². The predicted octanol–water partition coefficient (Wildman–Crippen LogP) is 1.80. The largest absolute Gasteiger partial charge is 0.512 e. The molecule has 96 valence electrons. The number of allylic oxidation sites excluding steroid dienone is 4. The van der Waals surface area contributed by atoms with Gasteiger partial charge in [-0.2, -0.15) is 0 Å². The van der Waals surface area contributed by atoms with Crippen LogP contribution in [0.5, 0.6) is 0 Å². The van der Waals surface area contributed by atoms with E-state index in [1.54, 1.807) is 0 Å². The van der Waals surface area contributed by atoms with Gasteiger partial charge in [0.1, 0.15) is 12.4 Å². The molecule has 0 aromatic rings. The summed E-state index contributed by atoms with van der Waals surface area (Å²) >= 11 is 0. The molecule has 1 aliphatic heterocycles. The van der Waals surface area contributed by atoms with Gasteiger partial charge in [-0.1, -0.05) is 0 Å². The van der Waals surface area contributed by atoms with Crippen molar-refractivity contribution in [1.29, 1.82) is 0 Å². The van der Waals surface area contributed by atoms with Crippen molar-refractivity contribution in [2.75, 3.05) is 6.61 Å². The smallest absolute Gasteiger partial charge is 0.114 e. The average Bonchev–Trinajstić information content (AvgIpc) is 2.49. The lowest BCUT2D eigenvalue weighted by molar-refractivity contribution is 0.0390. The molecule has 18 heavy (non-hydrogen) atoms. The van der Waals surface area contributed by atoms with Gasteiger partial charge in [-0.3, -0.25) is 0 Å². The first-order valence-electron chi connectivity index (χ1n) is 6.52. The van der Waals surface area contributed by atoms with Gasteiger partial charge in [0.05, 0.1) is 17.6 Å². The van der Waals surface area contributed by atoms with E-state index in [2.05, 4.69) is 0 Å². The summed E-state index contributed by atoms with van der Waals surface area (Å²) < 4.78 is 5.74. The average molecular weight is 248 g/mol. The number of hydrogen-bond donors (Lipinski definition) is 3. The minimum Gasteiger partial charge on any atom is -0.512 e. The van der Waals surface area contributed by atoms with Crippen LogP contribution in [0.1, 0.15) is 12.8 Å². The van der Waals surface area contributed by atoms with Crippen LogP contribution in [0.3, 0.4) is 0 Å². The maximum absolute atomic E-state index is 9.86. The van der Waals surface area contributed by atoms with Crippen LogP contribution in [-0.2, 0) is 4.74 Å². The second kappa shape index (κ2) is 3.32. The highest BCUT2D eigenvalue weighted by atomic mass is 16.5. The third-order valence-corrected chi connectivity index (χ3v) is 4.73. The highest BCUT2D eigenvalue weighted by Gasteiger charge is 2.55. The number of rotatable bonds is 0. The maximum Gasteiger partial charge on any atom is 0.114 e. The Morgan fingerprint density at radius 2 is 2.00 bits per heavy atom. The first kappa shape index (κ1) is 10.5. The first-order valence-corrected chi connectivity index (χ1v) is 6.52. The molecule has 0 aromatic carbocycles. The number of aliphatic hydroxyl groups excluding tert-OH is 3. The Bertz CT molecular complexity index is 502. The SMILES string of the molecule is OC1=C[C@H]2C1C1=C(OC[C@@H](O)CC1)[C@@H]1C=C(O)C21. The monoisotopic (exact) mass is 248 g/mol. The van der Waals surface area contributed by atoms with Crippen LogP contribution in [0.15, 0.2) is 35.0 Å². The highest BCUT2D eigenvalue weighted by Crippen LogP contribution is 2.58. The van der Waals surface area contributed by atoms with Gasteiger partial charge in [0.25, 0.3) is 0 Å². The van der Waals surface area contributed by atoms with Crippen molar-refractivity contribution in [3.63, 3.8) is 0 Å². The van der Waals surface area contributed by atoms with Gasteiger partial charge in [-0.15, -0.1) is 0 Å². The van der Waals surface area contributed by atoms with Crippen molar-refractivity contribution in [3.8, 4) is 0 Å². The van der Waals surface area contributed by atoms with Crippen molar-refractivity contribution in [2.45, 2.75) is 18.9 Å². The van der Waals surface area contributed by atoms with E-state index >= 15 is 0 Å². The van der Waals surface area contributed by atoms with Crippen molar-refractivity contribution in [2.24, 2.45) is 23.7 Å². The fourth-order valence-corrected chi connectivity index (χ4v) is 3.76. The Kier molecular flexibility index (Phi) is 1.94. The molecule has 4 aliphatic rings. The van der Waals surface area contributed by atoms with Crippen LogP contribution < -0.4 is 0 Å². The second-order valence-corrected chi connectivity index (χ2v) is 5.68. The lowest BCUT2D eigenvalue weighted by Gasteiger charge is -2.50. The first-order chi connectivity index (χ1) is 8.66. The molecule has 1 heterocycles. The van der Waals surface area contributed by atoms with E-state index in [4.69, 9.17) is 4.74 Å². The number of fused-ring (bicyclic) bond motifs is 5. The van der Waals surface area contributed by atoms with Crippen LogP contribution in [0.2, 0.25) is 0 Å². The van der Waals surface area contributed by atoms with Crippen molar-refractivity contribution in [3.05, 3.63) is 35.0 Å². The summed E-state index contributed by atoms with van der Waals surface area (Å²) in [7, 11) is 0. The zero-order valence-corrected chi connectivity index (χ0v) is 9.91. The summed E-state index contributed by atoms with van der Waals surface area (Å²) in [5.41, 5.74) is 1.13. The molecule has 5 atom stereocenters. The normalized spacial score (nSPS) is 45.1. The molecule has 0 amide bonds. The second-order valence-electron chi connectivity index (χ2n) is 5.68. The molecule has 0 fully saturated rings. The van der Waals surface area contributed by atoms with E-state index < -0.39 is 6.10 Å². The third kappa shape index (κ3) is 1.14. The lowest BCUT2D eigenvalue weighted by Crippen LogP contribution is -2.46. The summed E-state index contributed by atoms with van der Waals surface area (Å²) in [6, 6.07) is 0. The maximum atomic E-state index is 9.86. The van der Waals surface area contributed by atoms with Crippen LogP contribution >= 0.6 is 0 Å². The fraction of sp³-hybridized carbons (Fsp3) is 0.571. The molecule has 0 aromatic heterocycles. The van der Waals surface area contributed by atoms with Crippen molar-refractivity contribution < 1.29 is 20.1 Å². The Balaban J connectivity index is 1.78. The third-order valence-electron chi connectivity index (χ3n) is 4.73. The van der Waals surface area contributed by atoms with Gasteiger partial charge in [0.2, 0.25) is 0 Å². The molecule has 0 radical (unpaired) electrons. The number of aliphatic hydroxyl groups is 3. The molecule has 0 saturated carbocycles. The van der Waals surface area contributed by atoms with Gasteiger partial charge in [0, 0.05) is 23.7 Å². The van der Waals surface area contributed by atoms with E-state index in [0.717, 1.165) is 17.8 Å². The molecule has 4 heteroatoms. The molecule has 3 N–H and O–H groups in total. The summed E-state index contributed by atoms with van der Waals surface area (Å²) in [4.78, 5) is 0. The Labute approximate surface area is 105 Å². The van der Waals surface area contributed by atoms with Crippen LogP contribution in [0.25, 0.3) is 0 Å². The summed E-state index contributed by atoms with van der Waals surface area (Å²) in [5, 5.41) is 29.3. The van der Waals surface area contributed by atoms with Crippen molar-refractivity contribution >= 4 is 0 Å². The molecular formula is C14H16O4. The van der Waals surface area contributed by atoms with E-state index in [1.165, 1.54) is 0 Å². The van der Waals surface area contributed by atoms with Crippen molar-refractivity contribution in [1.82, 2.24) is 0 Å². The van der Waals surface area contributed by atoms with E-state index in [0.29, 0.717) is 24.5 Å². The van der Waals surface area contributed by atoms with Crippen LogP contribution in [-0.4, -0.2) is 28.0 Å². The van der Waals surface area contributed by atoms with Crippen LogP contribution in [0.4, 0.5) is 0 Å². The van der Waals surface area contributed by atoms with E-state index in [9.17, 15) is 15.3 Å². The lowest BCUT2D eigenvalue weighted by atomic mass is 9.55. The van der Waals surface area contributed by atoms with Gasteiger partial charge in [0.15, 0.2) is 0 Å². The summed E-state index contributed by atoms with van der Waals surface area (Å²) in [5.74, 6) is 2.11. The highest BCUT2D eigenvalue weighted by molar-refractivity contribution is 5.44. The Morgan fingerprint density at radius 1 is 1.17 bits per heavy atom. The minimum atomic E-state index is -0.434. The topological polar surface area (TPSA) is 69.9 Å². The molecule has 4 rings (SSSR count). The molecule has 0 saturated heterocycles. The summed E-state index contributed by atoms with van der Waals surface area (Å²) in [6.07, 6.45) is 4.69. The van der Waals surface area contributed by atoms with Crippen LogP contribution in [0, 0.1) is 23.7 Å². The molecule has 3 aliphatic carbocycles.